The highest BCUT2D eigenvalue weighted by Gasteiger charge is 2.33. The first kappa shape index (κ1) is 34.6. The van der Waals surface area contributed by atoms with E-state index in [1.165, 1.54) is 11.6 Å². The number of likely N-dealkylation sites (tertiary alicyclic amines) is 1. The molecule has 12 nitrogen and oxygen atoms in total. The Morgan fingerprint density at radius 1 is 0.925 bits per heavy atom. The van der Waals surface area contributed by atoms with Crippen LogP contribution in [0.4, 0.5) is 29.5 Å². The third kappa shape index (κ3) is 7.43. The van der Waals surface area contributed by atoms with Crippen LogP contribution in [0.2, 0.25) is 0 Å². The van der Waals surface area contributed by atoms with Gasteiger partial charge < -0.3 is 10.2 Å². The van der Waals surface area contributed by atoms with Crippen LogP contribution in [-0.4, -0.2) is 73.7 Å². The lowest BCUT2D eigenvalue weighted by Crippen LogP contribution is -2.49. The summed E-state index contributed by atoms with van der Waals surface area (Å²) in [5.41, 5.74) is 1.21. The number of benzene rings is 1. The summed E-state index contributed by atoms with van der Waals surface area (Å²) >= 11 is 0. The highest BCUT2D eigenvalue weighted by Crippen LogP contribution is 2.37. The van der Waals surface area contributed by atoms with Gasteiger partial charge in [0, 0.05) is 48.1 Å². The second-order valence-corrected chi connectivity index (χ2v) is 14.2. The number of carbonyl (C=O) groups is 3. The molecule has 1 saturated carbocycles. The van der Waals surface area contributed by atoms with Crippen molar-refractivity contribution in [3.63, 3.8) is 0 Å². The number of alkyl halides is 3. The molecule has 3 fully saturated rings. The number of anilines is 2. The van der Waals surface area contributed by atoms with Crippen LogP contribution in [-0.2, 0) is 11.0 Å². The molecule has 15 heteroatoms. The largest absolute Gasteiger partial charge is 0.433 e. The number of halogens is 3. The van der Waals surface area contributed by atoms with E-state index < -0.39 is 23.8 Å². The number of hydrogen-bond donors (Lipinski definition) is 2. The number of imide groups is 1. The number of rotatable bonds is 7. The average molecular weight is 726 g/mol. The number of amides is 4. The number of aromatic nitrogens is 5. The summed E-state index contributed by atoms with van der Waals surface area (Å²) in [5.74, 6) is 0.258. The molecule has 6 heterocycles. The van der Waals surface area contributed by atoms with Crippen molar-refractivity contribution in [2.75, 3.05) is 36.4 Å². The van der Waals surface area contributed by atoms with E-state index in [0.29, 0.717) is 29.6 Å². The highest BCUT2D eigenvalue weighted by molar-refractivity contribution is 6.09. The number of nitrogens with one attached hydrogen (secondary N) is 2. The van der Waals surface area contributed by atoms with E-state index in [2.05, 4.69) is 48.7 Å². The van der Waals surface area contributed by atoms with Gasteiger partial charge in [-0.05, 0) is 93.3 Å². The Morgan fingerprint density at radius 2 is 1.74 bits per heavy atom. The van der Waals surface area contributed by atoms with Crippen molar-refractivity contribution in [3.8, 4) is 0 Å². The lowest BCUT2D eigenvalue weighted by molar-refractivity contribution is -0.141. The molecule has 2 aliphatic heterocycles. The molecule has 53 heavy (non-hydrogen) atoms. The SMILES string of the molecule is O=C1CCN(c2cncc3cc(C4CCN(CC5CCC(n6cc7cc(NC(=O)c8cccc(C(F)(F)F)n8)ncc7n6)CC5)CC4)ccc23)C(=O)N1. The Morgan fingerprint density at radius 3 is 2.51 bits per heavy atom. The molecule has 2 N–H and O–H groups in total. The molecule has 1 aliphatic carbocycles. The Bertz CT molecular complexity index is 2190. The summed E-state index contributed by atoms with van der Waals surface area (Å²) in [5, 5.41) is 12.4. The van der Waals surface area contributed by atoms with Crippen LogP contribution in [0.3, 0.4) is 0 Å². The first-order valence-corrected chi connectivity index (χ1v) is 18.0. The van der Waals surface area contributed by atoms with Crippen molar-refractivity contribution >= 4 is 51.0 Å². The van der Waals surface area contributed by atoms with Crippen LogP contribution in [0, 0.1) is 5.92 Å². The fourth-order valence-corrected chi connectivity index (χ4v) is 7.95. The average Bonchev–Trinajstić information content (AvgIpc) is 3.58. The molecule has 8 rings (SSSR count). The number of urea groups is 1. The normalized spacial score (nSPS) is 20.5. The summed E-state index contributed by atoms with van der Waals surface area (Å²) in [6.45, 7) is 3.51. The second-order valence-electron chi connectivity index (χ2n) is 14.2. The van der Waals surface area contributed by atoms with Crippen LogP contribution >= 0.6 is 0 Å². The van der Waals surface area contributed by atoms with Crippen molar-refractivity contribution < 1.29 is 27.6 Å². The summed E-state index contributed by atoms with van der Waals surface area (Å²) in [7, 11) is 0. The van der Waals surface area contributed by atoms with Crippen LogP contribution in [0.15, 0.2) is 67.3 Å². The zero-order valence-electron chi connectivity index (χ0n) is 28.9. The predicted octanol–water partition coefficient (Wildman–Crippen LogP) is 6.70. The molecule has 4 amide bonds. The van der Waals surface area contributed by atoms with Crippen molar-refractivity contribution in [2.24, 2.45) is 5.92 Å². The van der Waals surface area contributed by atoms with Crippen molar-refractivity contribution in [2.45, 2.75) is 63.1 Å². The Kier molecular flexibility index (Phi) is 9.27. The van der Waals surface area contributed by atoms with Gasteiger partial charge in [0.1, 0.15) is 22.7 Å². The van der Waals surface area contributed by atoms with Crippen LogP contribution in [0.1, 0.15) is 78.7 Å². The Balaban J connectivity index is 0.827. The fourth-order valence-electron chi connectivity index (χ4n) is 7.95. The molecule has 0 unspecified atom stereocenters. The lowest BCUT2D eigenvalue weighted by atomic mass is 9.84. The maximum atomic E-state index is 13.0. The topological polar surface area (TPSA) is 138 Å². The molecule has 2 saturated heterocycles. The molecule has 0 bridgehead atoms. The van der Waals surface area contributed by atoms with Gasteiger partial charge in [-0.25, -0.2) is 14.8 Å². The van der Waals surface area contributed by atoms with Gasteiger partial charge in [-0.3, -0.25) is 29.5 Å². The number of piperidine rings is 1. The molecule has 1 aromatic carbocycles. The van der Waals surface area contributed by atoms with Crippen LogP contribution in [0.25, 0.3) is 21.7 Å². The van der Waals surface area contributed by atoms with Gasteiger partial charge in [0.25, 0.3) is 5.91 Å². The minimum absolute atomic E-state index is 0.212. The van der Waals surface area contributed by atoms with Crippen molar-refractivity contribution in [1.82, 2.24) is 34.9 Å². The summed E-state index contributed by atoms with van der Waals surface area (Å²) in [6.07, 6.45) is 9.04. The van der Waals surface area contributed by atoms with Gasteiger partial charge in [0.15, 0.2) is 0 Å². The number of hydrogen-bond acceptors (Lipinski definition) is 8. The summed E-state index contributed by atoms with van der Waals surface area (Å²) < 4.78 is 41.1. The van der Waals surface area contributed by atoms with E-state index in [1.807, 2.05) is 17.1 Å². The molecule has 0 radical (unpaired) electrons. The molecule has 3 aliphatic rings. The van der Waals surface area contributed by atoms with Gasteiger partial charge in [-0.2, -0.15) is 18.3 Å². The van der Waals surface area contributed by atoms with E-state index in [-0.39, 0.29) is 29.9 Å². The van der Waals surface area contributed by atoms with E-state index in [4.69, 9.17) is 5.10 Å². The first-order valence-electron chi connectivity index (χ1n) is 18.0. The fraction of sp³-hybridized carbons (Fsp3) is 0.395. The maximum Gasteiger partial charge on any atom is 0.433 e. The van der Waals surface area contributed by atoms with E-state index in [0.717, 1.165) is 86.5 Å². The van der Waals surface area contributed by atoms with Gasteiger partial charge in [-0.15, -0.1) is 0 Å². The molecule has 4 aromatic heterocycles. The third-order valence-corrected chi connectivity index (χ3v) is 10.8. The van der Waals surface area contributed by atoms with Gasteiger partial charge in [0.2, 0.25) is 5.91 Å². The van der Waals surface area contributed by atoms with E-state index in [9.17, 15) is 27.6 Å². The van der Waals surface area contributed by atoms with E-state index in [1.54, 1.807) is 23.4 Å². The zero-order chi connectivity index (χ0) is 36.7. The predicted molar refractivity (Wildman–Crippen MR) is 191 cm³/mol. The molecular formula is C38H38F3N9O3. The molecule has 0 atom stereocenters. The lowest BCUT2D eigenvalue weighted by Gasteiger charge is -2.37. The van der Waals surface area contributed by atoms with Gasteiger partial charge in [0.05, 0.1) is 24.1 Å². The first-order chi connectivity index (χ1) is 25.6. The van der Waals surface area contributed by atoms with Crippen molar-refractivity contribution in [1.29, 1.82) is 0 Å². The zero-order valence-corrected chi connectivity index (χ0v) is 28.9. The smallest absolute Gasteiger partial charge is 0.305 e. The minimum atomic E-state index is -4.65. The number of fused-ring (bicyclic) bond motifs is 2. The van der Waals surface area contributed by atoms with Gasteiger partial charge in [-0.1, -0.05) is 18.2 Å². The Labute approximate surface area is 302 Å². The molecular weight excluding hydrogens is 687 g/mol. The van der Waals surface area contributed by atoms with E-state index >= 15 is 0 Å². The van der Waals surface area contributed by atoms with Crippen molar-refractivity contribution in [3.05, 3.63) is 84.2 Å². The quantitative estimate of drug-likeness (QED) is 0.189. The third-order valence-electron chi connectivity index (χ3n) is 10.8. The molecule has 5 aromatic rings. The Hall–Kier alpha value is -5.44. The summed E-state index contributed by atoms with van der Waals surface area (Å²) in [4.78, 5) is 53.0. The number of pyridine rings is 3. The number of carbonyl (C=O) groups excluding carboxylic acids is 3. The molecule has 274 valence electrons. The highest BCUT2D eigenvalue weighted by atomic mass is 19.4. The minimum Gasteiger partial charge on any atom is -0.305 e. The maximum absolute atomic E-state index is 13.0. The van der Waals surface area contributed by atoms with Crippen LogP contribution in [0.5, 0.6) is 0 Å². The number of nitrogens with zero attached hydrogens (tertiary/aromatic N) is 7. The standard InChI is InChI=1S/C38H38F3N9O3/c39-38(40,41)33-3-1-2-30(44-33)36(52)45-34-17-27-22-50(47-31(27)19-43-34)28-7-4-23(5-8-28)21-48-13-10-24(11-14-48)25-6-9-29-26(16-25)18-42-20-32(29)49-15-12-35(51)46-37(49)53/h1-3,6,9,16-20,22-24,28H,4-5,7-8,10-15,21H2,(H,45,52)(H,46,51,53). The second kappa shape index (κ2) is 14.2. The van der Waals surface area contributed by atoms with Gasteiger partial charge >= 0.3 is 12.2 Å². The summed E-state index contributed by atoms with van der Waals surface area (Å²) in [6, 6.07) is 11.2. The molecule has 0 spiro atoms. The van der Waals surface area contributed by atoms with Crippen LogP contribution < -0.4 is 15.5 Å². The monoisotopic (exact) mass is 725 g/mol.